The van der Waals surface area contributed by atoms with Crippen LogP contribution in [0.5, 0.6) is 5.88 Å². The van der Waals surface area contributed by atoms with Gasteiger partial charge in [0.1, 0.15) is 24.5 Å². The monoisotopic (exact) mass is 521 g/mol. The number of aromatic nitrogens is 1. The van der Waals surface area contributed by atoms with Gasteiger partial charge in [-0.05, 0) is 50.1 Å². The highest BCUT2D eigenvalue weighted by Gasteiger charge is 2.34. The lowest BCUT2D eigenvalue weighted by Gasteiger charge is -2.30. The predicted octanol–water partition coefficient (Wildman–Crippen LogP) is 3.15. The molecule has 0 spiro atoms. The molecule has 200 valence electrons. The smallest absolute Gasteiger partial charge is 0.414 e. The van der Waals surface area contributed by atoms with Gasteiger partial charge in [-0.2, -0.15) is 0 Å². The molecule has 37 heavy (non-hydrogen) atoms. The van der Waals surface area contributed by atoms with Gasteiger partial charge in [-0.1, -0.05) is 6.08 Å². The zero-order valence-corrected chi connectivity index (χ0v) is 20.8. The van der Waals surface area contributed by atoms with E-state index in [4.69, 9.17) is 14.2 Å². The first kappa shape index (κ1) is 26.6. The molecule has 0 radical (unpaired) electrons. The van der Waals surface area contributed by atoms with Gasteiger partial charge in [0, 0.05) is 24.7 Å². The molecule has 1 aromatic carbocycles. The van der Waals surface area contributed by atoms with Gasteiger partial charge in [0.2, 0.25) is 0 Å². The molecule has 2 aliphatic heterocycles. The van der Waals surface area contributed by atoms with Crippen molar-refractivity contribution in [2.24, 2.45) is 0 Å². The number of nitrogens with zero attached hydrogens (tertiary/aromatic N) is 3. The molecule has 4 rings (SSSR count). The first-order valence-corrected chi connectivity index (χ1v) is 11.8. The summed E-state index contributed by atoms with van der Waals surface area (Å²) in [7, 11) is 0. The molecule has 3 heterocycles. The zero-order chi connectivity index (χ0) is 26.7. The maximum absolute atomic E-state index is 15.1. The SMILES string of the molecule is CC(C)(C)OC[C@H](O)C(=O)N1CC=C(c2c(F)cc(N3CC(COc4ccon4)OC3=O)cc2F)CC1. The molecule has 1 saturated heterocycles. The number of aliphatic hydroxyl groups excluding tert-OH is 1. The lowest BCUT2D eigenvalue weighted by Crippen LogP contribution is -2.44. The molecule has 0 aliphatic carbocycles. The normalized spacial score (nSPS) is 19.0. The van der Waals surface area contributed by atoms with Crippen molar-refractivity contribution in [1.29, 1.82) is 0 Å². The number of ether oxygens (including phenoxy) is 3. The van der Waals surface area contributed by atoms with Gasteiger partial charge in [0.25, 0.3) is 11.8 Å². The number of hydrogen-bond acceptors (Lipinski definition) is 8. The number of halogens is 2. The lowest BCUT2D eigenvalue weighted by molar-refractivity contribution is -0.146. The molecule has 2 amide bonds. The van der Waals surface area contributed by atoms with Gasteiger partial charge in [-0.3, -0.25) is 9.69 Å². The molecule has 2 aliphatic rings. The Bertz CT molecular complexity index is 1140. The third-order valence-corrected chi connectivity index (χ3v) is 5.85. The first-order valence-electron chi connectivity index (χ1n) is 11.8. The Morgan fingerprint density at radius 1 is 1.30 bits per heavy atom. The largest absolute Gasteiger partial charge is 0.471 e. The van der Waals surface area contributed by atoms with Crippen LogP contribution in [-0.4, -0.2) is 77.8 Å². The summed E-state index contributed by atoms with van der Waals surface area (Å²) in [6.07, 6.45) is 0.343. The van der Waals surface area contributed by atoms with E-state index in [-0.39, 0.29) is 56.4 Å². The van der Waals surface area contributed by atoms with Crippen molar-refractivity contribution in [3.63, 3.8) is 0 Å². The van der Waals surface area contributed by atoms with Crippen molar-refractivity contribution >= 4 is 23.3 Å². The van der Waals surface area contributed by atoms with Gasteiger partial charge in [-0.25, -0.2) is 13.6 Å². The van der Waals surface area contributed by atoms with E-state index in [0.29, 0.717) is 5.57 Å². The summed E-state index contributed by atoms with van der Waals surface area (Å²) in [6, 6.07) is 3.65. The third-order valence-electron chi connectivity index (χ3n) is 5.85. The zero-order valence-electron chi connectivity index (χ0n) is 20.8. The quantitative estimate of drug-likeness (QED) is 0.564. The molecule has 1 N–H and O–H groups in total. The van der Waals surface area contributed by atoms with E-state index in [1.165, 1.54) is 17.2 Å². The summed E-state index contributed by atoms with van der Waals surface area (Å²) in [4.78, 5) is 27.3. The van der Waals surface area contributed by atoms with Crippen molar-refractivity contribution in [3.05, 3.63) is 47.7 Å². The fourth-order valence-electron chi connectivity index (χ4n) is 4.00. The third kappa shape index (κ3) is 6.44. The van der Waals surface area contributed by atoms with Crippen LogP contribution in [0.1, 0.15) is 32.8 Å². The van der Waals surface area contributed by atoms with E-state index in [0.717, 1.165) is 17.0 Å². The molecule has 0 saturated carbocycles. The topological polar surface area (TPSA) is 115 Å². The molecule has 2 aromatic rings. The molecule has 2 atom stereocenters. The Morgan fingerprint density at radius 2 is 2.03 bits per heavy atom. The van der Waals surface area contributed by atoms with E-state index in [9.17, 15) is 14.7 Å². The highest BCUT2D eigenvalue weighted by Crippen LogP contribution is 2.32. The second-order valence-electron chi connectivity index (χ2n) is 9.75. The van der Waals surface area contributed by atoms with E-state index >= 15 is 8.78 Å². The van der Waals surface area contributed by atoms with Crippen molar-refractivity contribution in [2.45, 2.75) is 45.0 Å². The number of rotatable bonds is 8. The van der Waals surface area contributed by atoms with Crippen LogP contribution in [0.4, 0.5) is 19.3 Å². The van der Waals surface area contributed by atoms with Crippen LogP contribution in [0.2, 0.25) is 0 Å². The summed E-state index contributed by atoms with van der Waals surface area (Å²) < 4.78 is 50.8. The second kappa shape index (κ2) is 10.9. The van der Waals surface area contributed by atoms with Crippen LogP contribution in [0, 0.1) is 11.6 Å². The standard InChI is InChI=1S/C25H29F2N3O7/c1-25(2,3)35-14-20(31)23(32)29-7-4-15(5-8-29)22-18(26)10-16(11-19(22)27)30-12-17(37-24(30)33)13-34-21-6-9-36-28-21/h4,6,9-11,17,20,31H,5,7-8,12-14H2,1-3H3/t17?,20-/m0/s1. The Kier molecular flexibility index (Phi) is 7.79. The highest BCUT2D eigenvalue weighted by atomic mass is 19.1. The van der Waals surface area contributed by atoms with Crippen LogP contribution in [0.15, 0.2) is 35.1 Å². The first-order chi connectivity index (χ1) is 17.5. The fourth-order valence-corrected chi connectivity index (χ4v) is 4.00. The Hall–Kier alpha value is -3.51. The fraction of sp³-hybridized carbons (Fsp3) is 0.480. The van der Waals surface area contributed by atoms with Gasteiger partial charge < -0.3 is 28.7 Å². The van der Waals surface area contributed by atoms with Crippen LogP contribution in [0.25, 0.3) is 5.57 Å². The van der Waals surface area contributed by atoms with E-state index in [1.54, 1.807) is 6.08 Å². The maximum atomic E-state index is 15.1. The van der Waals surface area contributed by atoms with Gasteiger partial charge >= 0.3 is 6.09 Å². The van der Waals surface area contributed by atoms with Crippen LogP contribution >= 0.6 is 0 Å². The minimum Gasteiger partial charge on any atom is -0.471 e. The number of cyclic esters (lactones) is 1. The van der Waals surface area contributed by atoms with Crippen molar-refractivity contribution in [2.75, 3.05) is 37.7 Å². The second-order valence-corrected chi connectivity index (χ2v) is 9.75. The Morgan fingerprint density at radius 3 is 2.62 bits per heavy atom. The maximum Gasteiger partial charge on any atom is 0.414 e. The average Bonchev–Trinajstić information content (AvgIpc) is 3.49. The Balaban J connectivity index is 1.39. The van der Waals surface area contributed by atoms with Crippen LogP contribution < -0.4 is 9.64 Å². The lowest BCUT2D eigenvalue weighted by atomic mass is 9.97. The summed E-state index contributed by atoms with van der Waals surface area (Å²) in [5, 5.41) is 13.7. The molecule has 1 aromatic heterocycles. The number of anilines is 1. The number of hydrogen-bond donors (Lipinski definition) is 1. The van der Waals surface area contributed by atoms with E-state index < -0.39 is 41.4 Å². The van der Waals surface area contributed by atoms with E-state index in [2.05, 4.69) is 9.68 Å². The number of carbonyl (C=O) groups excluding carboxylic acids is 2. The van der Waals surface area contributed by atoms with Crippen molar-refractivity contribution < 1.29 is 42.2 Å². The number of aliphatic hydroxyl groups is 1. The van der Waals surface area contributed by atoms with Gasteiger partial charge in [-0.15, -0.1) is 0 Å². The molecular weight excluding hydrogens is 492 g/mol. The number of benzene rings is 1. The van der Waals surface area contributed by atoms with Crippen LogP contribution in [0.3, 0.4) is 0 Å². The molecule has 10 nitrogen and oxygen atoms in total. The average molecular weight is 522 g/mol. The summed E-state index contributed by atoms with van der Waals surface area (Å²) in [6.45, 7) is 5.60. The number of carbonyl (C=O) groups is 2. The van der Waals surface area contributed by atoms with E-state index in [1.807, 2.05) is 20.8 Å². The van der Waals surface area contributed by atoms with Crippen LogP contribution in [-0.2, 0) is 14.3 Å². The summed E-state index contributed by atoms with van der Waals surface area (Å²) in [5.74, 6) is -1.96. The minimum atomic E-state index is -1.33. The highest BCUT2D eigenvalue weighted by molar-refractivity contribution is 5.90. The molecular formula is C25H29F2N3O7. The predicted molar refractivity (Wildman–Crippen MR) is 127 cm³/mol. The van der Waals surface area contributed by atoms with Gasteiger partial charge in [0.05, 0.1) is 24.4 Å². The minimum absolute atomic E-state index is 0.00302. The Labute approximate surface area is 212 Å². The summed E-state index contributed by atoms with van der Waals surface area (Å²) >= 11 is 0. The molecule has 12 heteroatoms. The van der Waals surface area contributed by atoms with Crippen molar-refractivity contribution in [3.8, 4) is 5.88 Å². The summed E-state index contributed by atoms with van der Waals surface area (Å²) in [5.41, 5.74) is -0.307. The molecule has 0 bridgehead atoms. The van der Waals surface area contributed by atoms with Crippen molar-refractivity contribution in [1.82, 2.24) is 10.1 Å². The molecule has 1 unspecified atom stereocenters. The number of amides is 2. The molecule has 1 fully saturated rings. The van der Waals surface area contributed by atoms with Gasteiger partial charge in [0.15, 0.2) is 12.2 Å².